The van der Waals surface area contributed by atoms with Gasteiger partial charge in [0.25, 0.3) is 5.91 Å². The highest BCUT2D eigenvalue weighted by Crippen LogP contribution is 2.24. The lowest BCUT2D eigenvalue weighted by Gasteiger charge is -2.09. The second-order valence-electron chi connectivity index (χ2n) is 5.12. The Bertz CT molecular complexity index is 893. The Labute approximate surface area is 144 Å². The van der Waals surface area contributed by atoms with Crippen LogP contribution in [0.25, 0.3) is 5.69 Å². The zero-order valence-electron chi connectivity index (χ0n) is 14.1. The minimum Gasteiger partial charge on any atom is -0.479 e. The highest BCUT2D eigenvalue weighted by atomic mass is 16.5. The van der Waals surface area contributed by atoms with Crippen molar-refractivity contribution in [3.05, 3.63) is 54.0 Å². The zero-order chi connectivity index (χ0) is 17.8. The molecular weight excluding hydrogens is 322 g/mol. The minimum absolute atomic E-state index is 0.155. The molecule has 0 bridgehead atoms. The first-order valence-electron chi connectivity index (χ1n) is 7.50. The lowest BCUT2D eigenvalue weighted by molar-refractivity contribution is 0.102. The summed E-state index contributed by atoms with van der Waals surface area (Å²) >= 11 is 0. The van der Waals surface area contributed by atoms with Gasteiger partial charge in [-0.05, 0) is 19.1 Å². The number of nitrogens with one attached hydrogen (secondary N) is 1. The van der Waals surface area contributed by atoms with Crippen molar-refractivity contribution >= 4 is 11.6 Å². The van der Waals surface area contributed by atoms with Gasteiger partial charge in [0.2, 0.25) is 5.88 Å². The summed E-state index contributed by atoms with van der Waals surface area (Å²) in [6.07, 6.45) is 2.95. The van der Waals surface area contributed by atoms with Crippen LogP contribution in [0.3, 0.4) is 0 Å². The monoisotopic (exact) mass is 339 g/mol. The number of hydrogen-bond acceptors (Lipinski definition) is 6. The second-order valence-corrected chi connectivity index (χ2v) is 5.12. The summed E-state index contributed by atoms with van der Waals surface area (Å²) in [6.45, 7) is 1.83. The van der Waals surface area contributed by atoms with Crippen molar-refractivity contribution in [2.45, 2.75) is 6.92 Å². The summed E-state index contributed by atoms with van der Waals surface area (Å²) in [4.78, 5) is 20.6. The lowest BCUT2D eigenvalue weighted by atomic mass is 10.2. The van der Waals surface area contributed by atoms with Gasteiger partial charge in [0.05, 0.1) is 43.6 Å². The number of para-hydroxylation sites is 1. The Morgan fingerprint density at radius 2 is 1.88 bits per heavy atom. The van der Waals surface area contributed by atoms with Crippen LogP contribution in [0.15, 0.2) is 42.7 Å². The average Bonchev–Trinajstić information content (AvgIpc) is 3.04. The van der Waals surface area contributed by atoms with Gasteiger partial charge < -0.3 is 14.8 Å². The largest absolute Gasteiger partial charge is 0.479 e. The Kier molecular flexibility index (Phi) is 4.60. The van der Waals surface area contributed by atoms with E-state index in [0.717, 1.165) is 11.4 Å². The summed E-state index contributed by atoms with van der Waals surface area (Å²) < 4.78 is 11.8. The molecule has 128 valence electrons. The minimum atomic E-state index is -0.327. The Morgan fingerprint density at radius 1 is 1.12 bits per heavy atom. The van der Waals surface area contributed by atoms with Gasteiger partial charge in [0.1, 0.15) is 5.69 Å². The highest BCUT2D eigenvalue weighted by Gasteiger charge is 2.18. The normalized spacial score (nSPS) is 10.4. The molecule has 1 amide bonds. The molecule has 2 aromatic heterocycles. The van der Waals surface area contributed by atoms with E-state index in [1.54, 1.807) is 4.68 Å². The molecule has 25 heavy (non-hydrogen) atoms. The number of nitrogens with zero attached hydrogens (tertiary/aromatic N) is 4. The maximum atomic E-state index is 12.6. The Balaban J connectivity index is 1.87. The first-order chi connectivity index (χ1) is 12.1. The number of methoxy groups -OCH3 is 2. The molecular formula is C17H17N5O3. The smallest absolute Gasteiger partial charge is 0.319 e. The van der Waals surface area contributed by atoms with Gasteiger partial charge in [-0.3, -0.25) is 4.79 Å². The second kappa shape index (κ2) is 7.00. The predicted octanol–water partition coefficient (Wildman–Crippen LogP) is 2.24. The number of carbonyl (C=O) groups excluding carboxylic acids is 1. The fraction of sp³-hybridized carbons (Fsp3) is 0.176. The molecule has 0 fully saturated rings. The van der Waals surface area contributed by atoms with Crippen LogP contribution in [0, 0.1) is 6.92 Å². The van der Waals surface area contributed by atoms with Gasteiger partial charge in [-0.2, -0.15) is 10.1 Å². The summed E-state index contributed by atoms with van der Waals surface area (Å²) in [7, 11) is 2.91. The Hall–Kier alpha value is -3.42. The van der Waals surface area contributed by atoms with E-state index in [1.165, 1.54) is 26.6 Å². The van der Waals surface area contributed by atoms with Crippen molar-refractivity contribution in [2.24, 2.45) is 0 Å². The van der Waals surface area contributed by atoms with Crippen LogP contribution >= 0.6 is 0 Å². The van der Waals surface area contributed by atoms with Crippen molar-refractivity contribution < 1.29 is 14.3 Å². The molecule has 3 rings (SSSR count). The van der Waals surface area contributed by atoms with Crippen LogP contribution < -0.4 is 14.8 Å². The van der Waals surface area contributed by atoms with E-state index in [0.29, 0.717) is 11.3 Å². The van der Waals surface area contributed by atoms with Gasteiger partial charge >= 0.3 is 6.01 Å². The molecule has 1 N–H and O–H groups in total. The van der Waals surface area contributed by atoms with E-state index in [9.17, 15) is 4.79 Å². The SMILES string of the molecule is COc1ncc(NC(=O)c2cnn(-c3ccccc3)c2C)c(OC)n1. The number of aromatic nitrogens is 4. The molecule has 0 atom stereocenters. The van der Waals surface area contributed by atoms with Crippen molar-refractivity contribution in [3.8, 4) is 17.6 Å². The molecule has 0 radical (unpaired) electrons. The van der Waals surface area contributed by atoms with Crippen molar-refractivity contribution in [2.75, 3.05) is 19.5 Å². The highest BCUT2D eigenvalue weighted by molar-refractivity contribution is 6.05. The molecule has 1 aromatic carbocycles. The van der Waals surface area contributed by atoms with Crippen LogP contribution in [0.4, 0.5) is 5.69 Å². The van der Waals surface area contributed by atoms with Crippen LogP contribution in [-0.2, 0) is 0 Å². The summed E-state index contributed by atoms with van der Waals surface area (Å²) in [6, 6.07) is 9.74. The van der Waals surface area contributed by atoms with E-state index in [4.69, 9.17) is 9.47 Å². The van der Waals surface area contributed by atoms with E-state index >= 15 is 0 Å². The molecule has 0 aliphatic carbocycles. The molecule has 0 saturated heterocycles. The number of carbonyl (C=O) groups is 1. The molecule has 0 spiro atoms. The molecule has 0 aliphatic heterocycles. The standard InChI is InChI=1S/C17H17N5O3/c1-11-13(9-19-22(11)12-7-5-4-6-8-12)15(23)20-14-10-18-17(25-3)21-16(14)24-2/h4-10H,1-3H3,(H,20,23). The van der Waals surface area contributed by atoms with Gasteiger partial charge in [-0.25, -0.2) is 9.67 Å². The fourth-order valence-corrected chi connectivity index (χ4v) is 2.34. The zero-order valence-corrected chi connectivity index (χ0v) is 14.1. The number of ether oxygens (including phenoxy) is 2. The number of benzene rings is 1. The van der Waals surface area contributed by atoms with E-state index < -0.39 is 0 Å². The number of rotatable bonds is 5. The first-order valence-corrected chi connectivity index (χ1v) is 7.50. The molecule has 0 unspecified atom stereocenters. The predicted molar refractivity (Wildman–Crippen MR) is 91.4 cm³/mol. The maximum absolute atomic E-state index is 12.6. The summed E-state index contributed by atoms with van der Waals surface area (Å²) in [5.41, 5.74) is 2.39. The summed E-state index contributed by atoms with van der Waals surface area (Å²) in [5, 5.41) is 7.03. The van der Waals surface area contributed by atoms with Gasteiger partial charge in [0, 0.05) is 0 Å². The Morgan fingerprint density at radius 3 is 2.56 bits per heavy atom. The van der Waals surface area contributed by atoms with Crippen molar-refractivity contribution in [1.82, 2.24) is 19.7 Å². The first kappa shape index (κ1) is 16.4. The van der Waals surface area contributed by atoms with E-state index in [-0.39, 0.29) is 17.8 Å². The van der Waals surface area contributed by atoms with Crippen LogP contribution in [0.5, 0.6) is 11.9 Å². The molecule has 2 heterocycles. The molecule has 8 heteroatoms. The topological polar surface area (TPSA) is 91.2 Å². The number of hydrogen-bond donors (Lipinski definition) is 1. The summed E-state index contributed by atoms with van der Waals surface area (Å²) in [5.74, 6) is -0.111. The fourth-order valence-electron chi connectivity index (χ4n) is 2.34. The van der Waals surface area contributed by atoms with Crippen molar-refractivity contribution in [3.63, 3.8) is 0 Å². The third-order valence-corrected chi connectivity index (χ3v) is 3.61. The lowest BCUT2D eigenvalue weighted by Crippen LogP contribution is -2.14. The van der Waals surface area contributed by atoms with Crippen molar-refractivity contribution in [1.29, 1.82) is 0 Å². The quantitative estimate of drug-likeness (QED) is 0.766. The van der Waals surface area contributed by atoms with E-state index in [1.807, 2.05) is 37.3 Å². The van der Waals surface area contributed by atoms with Gasteiger partial charge in [0.15, 0.2) is 0 Å². The van der Waals surface area contributed by atoms with Gasteiger partial charge in [-0.1, -0.05) is 18.2 Å². The number of amides is 1. The van der Waals surface area contributed by atoms with Gasteiger partial charge in [-0.15, -0.1) is 0 Å². The molecule has 8 nitrogen and oxygen atoms in total. The molecule has 3 aromatic rings. The maximum Gasteiger partial charge on any atom is 0.319 e. The molecule has 0 aliphatic rings. The molecule has 0 saturated carbocycles. The van der Waals surface area contributed by atoms with E-state index in [2.05, 4.69) is 20.4 Å². The van der Waals surface area contributed by atoms with Crippen LogP contribution in [0.1, 0.15) is 16.1 Å². The number of anilines is 1. The third kappa shape index (κ3) is 3.27. The average molecular weight is 339 g/mol. The van der Waals surface area contributed by atoms with Crippen LogP contribution in [0.2, 0.25) is 0 Å². The third-order valence-electron chi connectivity index (χ3n) is 3.61. The van der Waals surface area contributed by atoms with Crippen LogP contribution in [-0.4, -0.2) is 39.9 Å².